The Morgan fingerprint density at radius 2 is 1.78 bits per heavy atom. The lowest BCUT2D eigenvalue weighted by atomic mass is 9.97. The van der Waals surface area contributed by atoms with Gasteiger partial charge >= 0.3 is 5.97 Å². The molecule has 0 fully saturated rings. The average molecular weight is 450 g/mol. The molecular weight excluding hydrogens is 432 g/mol. The van der Waals surface area contributed by atoms with Crippen molar-refractivity contribution in [3.63, 3.8) is 0 Å². The lowest BCUT2D eigenvalue weighted by Crippen LogP contribution is -2.49. The molecule has 0 unspecified atom stereocenters. The van der Waals surface area contributed by atoms with Gasteiger partial charge in [-0.1, -0.05) is 38.8 Å². The van der Waals surface area contributed by atoms with Crippen LogP contribution in [0.15, 0.2) is 27.1 Å². The quantitative estimate of drug-likeness (QED) is 0.624. The molecule has 126 valence electrons. The number of nitrogens with one attached hydrogen (secondary N) is 1. The maximum absolute atomic E-state index is 12.3. The lowest BCUT2D eigenvalue weighted by molar-refractivity contribution is -0.144. The van der Waals surface area contributed by atoms with E-state index in [2.05, 4.69) is 37.2 Å². The Labute approximate surface area is 151 Å². The fraction of sp³-hybridized carbons (Fsp3) is 0.400. The average Bonchev–Trinajstić information content (AvgIpc) is 2.42. The summed E-state index contributed by atoms with van der Waals surface area (Å²) in [5, 5.41) is 2.57. The van der Waals surface area contributed by atoms with Gasteiger partial charge in [0.25, 0.3) is 5.91 Å². The first-order valence-corrected chi connectivity index (χ1v) is 8.55. The fourth-order valence-corrected chi connectivity index (χ4v) is 3.30. The molecule has 0 aliphatic carbocycles. The highest BCUT2D eigenvalue weighted by molar-refractivity contribution is 9.11. The normalized spacial score (nSPS) is 13.0. The summed E-state index contributed by atoms with van der Waals surface area (Å²) in [6, 6.07) is 4.05. The summed E-state index contributed by atoms with van der Waals surface area (Å²) in [5.74, 6) is -2.08. The molecule has 0 radical (unpaired) electrons. The summed E-state index contributed by atoms with van der Waals surface area (Å²) in [4.78, 5) is 35.4. The number of rotatable bonds is 7. The first-order chi connectivity index (χ1) is 10.7. The Hall–Kier alpha value is -1.41. The van der Waals surface area contributed by atoms with Gasteiger partial charge in [-0.3, -0.25) is 14.4 Å². The molecule has 0 bridgehead atoms. The Bertz CT molecular complexity index is 587. The molecule has 0 spiro atoms. The van der Waals surface area contributed by atoms with E-state index < -0.39 is 29.7 Å². The van der Waals surface area contributed by atoms with Crippen molar-refractivity contribution in [3.8, 4) is 0 Å². The van der Waals surface area contributed by atoms with Gasteiger partial charge in [-0.25, -0.2) is 0 Å². The molecule has 2 atom stereocenters. The topological polar surface area (TPSA) is 98.5 Å². The number of nitrogens with two attached hydrogens (primary N) is 1. The Morgan fingerprint density at radius 1 is 1.22 bits per heavy atom. The van der Waals surface area contributed by atoms with E-state index in [-0.39, 0.29) is 13.0 Å². The third-order valence-electron chi connectivity index (χ3n) is 3.08. The number of benzene rings is 1. The van der Waals surface area contributed by atoms with Crippen molar-refractivity contribution in [1.82, 2.24) is 5.32 Å². The zero-order valence-electron chi connectivity index (χ0n) is 12.8. The molecule has 23 heavy (non-hydrogen) atoms. The van der Waals surface area contributed by atoms with Gasteiger partial charge in [-0.15, -0.1) is 0 Å². The SMILES string of the molecule is CCOC(=O)C[C@@H](C)[C@H](NC(=O)c1cc(Br)cc(Br)c1)C(N)=O. The summed E-state index contributed by atoms with van der Waals surface area (Å²) in [5.41, 5.74) is 5.71. The third kappa shape index (κ3) is 6.31. The van der Waals surface area contributed by atoms with Crippen LogP contribution < -0.4 is 11.1 Å². The van der Waals surface area contributed by atoms with Crippen molar-refractivity contribution in [1.29, 1.82) is 0 Å². The van der Waals surface area contributed by atoms with Gasteiger partial charge in [0.1, 0.15) is 6.04 Å². The van der Waals surface area contributed by atoms with E-state index in [0.717, 1.165) is 0 Å². The van der Waals surface area contributed by atoms with Crippen LogP contribution in [0.2, 0.25) is 0 Å². The first kappa shape index (κ1) is 19.6. The number of carbonyl (C=O) groups is 3. The molecule has 6 nitrogen and oxygen atoms in total. The number of amides is 2. The van der Waals surface area contributed by atoms with Crippen molar-refractivity contribution in [2.45, 2.75) is 26.3 Å². The van der Waals surface area contributed by atoms with E-state index >= 15 is 0 Å². The van der Waals surface area contributed by atoms with Gasteiger partial charge in [0, 0.05) is 14.5 Å². The van der Waals surface area contributed by atoms with E-state index in [1.165, 1.54) is 0 Å². The standard InChI is InChI=1S/C15H18Br2N2O4/c1-3-23-12(20)4-8(2)13(14(18)21)19-15(22)9-5-10(16)7-11(17)6-9/h5-8,13H,3-4H2,1-2H3,(H2,18,21)(H,19,22)/t8-,13+/m1/s1. The van der Waals surface area contributed by atoms with Crippen LogP contribution in [0.3, 0.4) is 0 Å². The number of ether oxygens (including phenoxy) is 1. The summed E-state index contributed by atoms with van der Waals surface area (Å²) in [7, 11) is 0. The lowest BCUT2D eigenvalue weighted by Gasteiger charge is -2.21. The maximum Gasteiger partial charge on any atom is 0.306 e. The second-order valence-corrected chi connectivity index (χ2v) is 6.83. The minimum atomic E-state index is -0.968. The van der Waals surface area contributed by atoms with E-state index in [1.54, 1.807) is 32.0 Å². The molecule has 0 aliphatic rings. The van der Waals surface area contributed by atoms with Crippen molar-refractivity contribution in [2.24, 2.45) is 11.7 Å². The second kappa shape index (κ2) is 9.02. The molecule has 1 aromatic carbocycles. The number of halogens is 2. The molecule has 8 heteroatoms. The molecule has 0 saturated heterocycles. The van der Waals surface area contributed by atoms with Crippen LogP contribution in [0.25, 0.3) is 0 Å². The van der Waals surface area contributed by atoms with Gasteiger partial charge < -0.3 is 15.8 Å². The smallest absolute Gasteiger partial charge is 0.306 e. The molecule has 3 N–H and O–H groups in total. The third-order valence-corrected chi connectivity index (χ3v) is 4.00. The van der Waals surface area contributed by atoms with Crippen LogP contribution in [0.4, 0.5) is 0 Å². The number of esters is 1. The predicted octanol–water partition coefficient (Wildman–Crippen LogP) is 2.38. The summed E-state index contributed by atoms with van der Waals surface area (Å²) in [6.07, 6.45) is -0.0100. The van der Waals surface area contributed by atoms with Gasteiger partial charge in [0.2, 0.25) is 5.91 Å². The minimum absolute atomic E-state index is 0.0100. The van der Waals surface area contributed by atoms with Crippen LogP contribution in [0.1, 0.15) is 30.6 Å². The molecule has 2 amide bonds. The highest BCUT2D eigenvalue weighted by Gasteiger charge is 2.27. The Morgan fingerprint density at radius 3 is 2.26 bits per heavy atom. The Kier molecular flexibility index (Phi) is 7.70. The van der Waals surface area contributed by atoms with E-state index in [9.17, 15) is 14.4 Å². The largest absolute Gasteiger partial charge is 0.466 e. The number of hydrogen-bond donors (Lipinski definition) is 2. The summed E-state index contributed by atoms with van der Waals surface area (Å²) in [6.45, 7) is 3.61. The number of primary amides is 1. The van der Waals surface area contributed by atoms with Crippen LogP contribution in [0, 0.1) is 5.92 Å². The molecule has 0 aliphatic heterocycles. The molecular formula is C15H18Br2N2O4. The summed E-state index contributed by atoms with van der Waals surface area (Å²) < 4.78 is 6.28. The van der Waals surface area contributed by atoms with E-state index in [0.29, 0.717) is 14.5 Å². The minimum Gasteiger partial charge on any atom is -0.466 e. The van der Waals surface area contributed by atoms with Crippen LogP contribution in [-0.4, -0.2) is 30.4 Å². The van der Waals surface area contributed by atoms with E-state index in [4.69, 9.17) is 10.5 Å². The molecule has 0 heterocycles. The van der Waals surface area contributed by atoms with Gasteiger partial charge in [-0.05, 0) is 31.0 Å². The molecule has 0 aromatic heterocycles. The zero-order valence-corrected chi connectivity index (χ0v) is 15.9. The highest BCUT2D eigenvalue weighted by atomic mass is 79.9. The van der Waals surface area contributed by atoms with Crippen molar-refractivity contribution in [2.75, 3.05) is 6.61 Å². The molecule has 1 rings (SSSR count). The monoisotopic (exact) mass is 448 g/mol. The van der Waals surface area contributed by atoms with Gasteiger partial charge in [0.05, 0.1) is 13.0 Å². The number of hydrogen-bond acceptors (Lipinski definition) is 4. The molecule has 1 aromatic rings. The molecule has 0 saturated carbocycles. The number of carbonyl (C=O) groups excluding carboxylic acids is 3. The predicted molar refractivity (Wildman–Crippen MR) is 92.7 cm³/mol. The zero-order chi connectivity index (χ0) is 17.6. The van der Waals surface area contributed by atoms with Crippen LogP contribution in [0.5, 0.6) is 0 Å². The Balaban J connectivity index is 2.84. The fourth-order valence-electron chi connectivity index (χ4n) is 2.00. The maximum atomic E-state index is 12.3. The first-order valence-electron chi connectivity index (χ1n) is 6.96. The van der Waals surface area contributed by atoms with Crippen LogP contribution >= 0.6 is 31.9 Å². The highest BCUT2D eigenvalue weighted by Crippen LogP contribution is 2.20. The van der Waals surface area contributed by atoms with Crippen molar-refractivity contribution in [3.05, 3.63) is 32.7 Å². The second-order valence-electron chi connectivity index (χ2n) is 5.00. The van der Waals surface area contributed by atoms with Crippen molar-refractivity contribution >= 4 is 49.6 Å². The van der Waals surface area contributed by atoms with E-state index in [1.807, 2.05) is 0 Å². The van der Waals surface area contributed by atoms with Crippen molar-refractivity contribution < 1.29 is 19.1 Å². The van der Waals surface area contributed by atoms with Crippen LogP contribution in [-0.2, 0) is 14.3 Å². The summed E-state index contributed by atoms with van der Waals surface area (Å²) >= 11 is 6.59. The van der Waals surface area contributed by atoms with Gasteiger partial charge in [-0.2, -0.15) is 0 Å². The van der Waals surface area contributed by atoms with Gasteiger partial charge in [0.15, 0.2) is 0 Å².